The van der Waals surface area contributed by atoms with Crippen LogP contribution < -0.4 is 4.72 Å². The molecule has 25 heavy (non-hydrogen) atoms. The number of sulfonamides is 1. The van der Waals surface area contributed by atoms with Crippen LogP contribution in [0.4, 0.5) is 13.2 Å². The third-order valence-corrected chi connectivity index (χ3v) is 5.33. The summed E-state index contributed by atoms with van der Waals surface area (Å²) in [6.07, 6.45) is -5.77. The van der Waals surface area contributed by atoms with Crippen molar-refractivity contribution in [3.63, 3.8) is 0 Å². The molecule has 2 rings (SSSR count). The zero-order valence-electron chi connectivity index (χ0n) is 13.0. The highest BCUT2D eigenvalue weighted by Crippen LogP contribution is 2.30. The van der Waals surface area contributed by atoms with E-state index in [2.05, 4.69) is 4.72 Å². The van der Waals surface area contributed by atoms with Crippen molar-refractivity contribution in [3.8, 4) is 0 Å². The summed E-state index contributed by atoms with van der Waals surface area (Å²) in [6, 6.07) is 8.24. The lowest BCUT2D eigenvalue weighted by Crippen LogP contribution is -2.29. The molecule has 0 aliphatic carbocycles. The van der Waals surface area contributed by atoms with Gasteiger partial charge in [-0.3, -0.25) is 0 Å². The van der Waals surface area contributed by atoms with Gasteiger partial charge in [-0.25, -0.2) is 13.1 Å². The van der Waals surface area contributed by atoms with Gasteiger partial charge in [0.1, 0.15) is 0 Å². The van der Waals surface area contributed by atoms with E-state index in [1.54, 1.807) is 19.1 Å². The molecule has 0 radical (unpaired) electrons. The second-order valence-electron chi connectivity index (χ2n) is 5.40. The molecule has 1 unspecified atom stereocenters. The number of aryl methyl sites for hydroxylation is 1. The van der Waals surface area contributed by atoms with Gasteiger partial charge >= 0.3 is 6.18 Å². The predicted octanol–water partition coefficient (Wildman–Crippen LogP) is 3.68. The Kier molecular flexibility index (Phi) is 5.78. The van der Waals surface area contributed by atoms with Gasteiger partial charge < -0.3 is 5.11 Å². The number of hydrogen-bond donors (Lipinski definition) is 2. The van der Waals surface area contributed by atoms with Crippen LogP contribution in [0.25, 0.3) is 0 Å². The Morgan fingerprint density at radius 1 is 1.16 bits per heavy atom. The van der Waals surface area contributed by atoms with Crippen LogP contribution in [-0.4, -0.2) is 20.1 Å². The number of hydrogen-bond acceptors (Lipinski definition) is 3. The van der Waals surface area contributed by atoms with Gasteiger partial charge in [-0.15, -0.1) is 0 Å². The lowest BCUT2D eigenvalue weighted by Gasteiger charge is -2.15. The zero-order chi connectivity index (χ0) is 18.8. The summed E-state index contributed by atoms with van der Waals surface area (Å²) < 4.78 is 64.4. The van der Waals surface area contributed by atoms with Crippen LogP contribution >= 0.6 is 11.6 Å². The van der Waals surface area contributed by atoms with E-state index >= 15 is 0 Å². The first-order valence-electron chi connectivity index (χ1n) is 7.12. The number of benzene rings is 2. The first-order chi connectivity index (χ1) is 11.5. The molecule has 0 spiro atoms. The summed E-state index contributed by atoms with van der Waals surface area (Å²) in [5.74, 6) is 0. The highest BCUT2D eigenvalue weighted by atomic mass is 35.5. The minimum absolute atomic E-state index is 0.0281. The fourth-order valence-electron chi connectivity index (χ4n) is 2.14. The molecule has 136 valence electrons. The van der Waals surface area contributed by atoms with Gasteiger partial charge in [-0.2, -0.15) is 13.2 Å². The molecule has 9 heteroatoms. The van der Waals surface area contributed by atoms with Crippen LogP contribution in [0.2, 0.25) is 5.02 Å². The Balaban J connectivity index is 2.11. The summed E-state index contributed by atoms with van der Waals surface area (Å²) in [5, 5.41) is 10.3. The minimum atomic E-state index is -4.48. The lowest BCUT2D eigenvalue weighted by atomic mass is 10.1. The second kappa shape index (κ2) is 7.33. The zero-order valence-corrected chi connectivity index (χ0v) is 14.6. The summed E-state index contributed by atoms with van der Waals surface area (Å²) in [6.45, 7) is 1.21. The standard InChI is InChI=1S/C16H15ClF3NO3S/c1-10-2-7-13(17)8-15(10)25(23,24)21-9-14(22)11-3-5-12(6-4-11)16(18,19)20/h2-8,14,21-22H,9H2,1H3. The molecule has 1 atom stereocenters. The summed E-state index contributed by atoms with van der Waals surface area (Å²) >= 11 is 5.80. The molecule has 0 aliphatic heterocycles. The van der Waals surface area contributed by atoms with Gasteiger partial charge in [-0.05, 0) is 42.3 Å². The quantitative estimate of drug-likeness (QED) is 0.814. The molecule has 0 fully saturated rings. The Morgan fingerprint density at radius 3 is 2.32 bits per heavy atom. The maximum atomic E-state index is 12.5. The fraction of sp³-hybridized carbons (Fsp3) is 0.250. The van der Waals surface area contributed by atoms with Crippen LogP contribution in [0.3, 0.4) is 0 Å². The molecule has 0 heterocycles. The van der Waals surface area contributed by atoms with Crippen molar-refractivity contribution in [3.05, 3.63) is 64.2 Å². The average Bonchev–Trinajstić information content (AvgIpc) is 2.54. The average molecular weight is 394 g/mol. The lowest BCUT2D eigenvalue weighted by molar-refractivity contribution is -0.137. The van der Waals surface area contributed by atoms with Crippen LogP contribution in [0, 0.1) is 6.92 Å². The van der Waals surface area contributed by atoms with E-state index in [4.69, 9.17) is 11.6 Å². The number of aliphatic hydroxyl groups excluding tert-OH is 1. The SMILES string of the molecule is Cc1ccc(Cl)cc1S(=O)(=O)NCC(O)c1ccc(C(F)(F)F)cc1. The van der Waals surface area contributed by atoms with E-state index in [1.807, 2.05) is 0 Å². The molecule has 2 aromatic rings. The van der Waals surface area contributed by atoms with Crippen molar-refractivity contribution >= 4 is 21.6 Å². The molecule has 0 amide bonds. The Morgan fingerprint density at radius 2 is 1.76 bits per heavy atom. The number of nitrogens with one attached hydrogen (secondary N) is 1. The number of rotatable bonds is 5. The fourth-order valence-corrected chi connectivity index (χ4v) is 3.69. The van der Waals surface area contributed by atoms with E-state index in [9.17, 15) is 26.7 Å². The predicted molar refractivity (Wildman–Crippen MR) is 87.8 cm³/mol. The van der Waals surface area contributed by atoms with Crippen LogP contribution in [-0.2, 0) is 16.2 Å². The molecule has 0 bridgehead atoms. The van der Waals surface area contributed by atoms with Gasteiger partial charge in [0.15, 0.2) is 0 Å². The second-order valence-corrected chi connectivity index (χ2v) is 7.57. The highest BCUT2D eigenvalue weighted by Gasteiger charge is 2.30. The van der Waals surface area contributed by atoms with Gasteiger partial charge in [0, 0.05) is 11.6 Å². The van der Waals surface area contributed by atoms with E-state index in [1.165, 1.54) is 6.07 Å². The van der Waals surface area contributed by atoms with Gasteiger partial charge in [0.2, 0.25) is 10.0 Å². The number of halogens is 4. The summed E-state index contributed by atoms with van der Waals surface area (Å²) in [4.78, 5) is -0.0281. The molecular formula is C16H15ClF3NO3S. The molecule has 4 nitrogen and oxygen atoms in total. The van der Waals surface area contributed by atoms with Gasteiger partial charge in [0.25, 0.3) is 0 Å². The summed E-state index contributed by atoms with van der Waals surface area (Å²) in [7, 11) is -3.92. The molecule has 2 aromatic carbocycles. The van der Waals surface area contributed by atoms with Crippen molar-refractivity contribution in [1.29, 1.82) is 0 Å². The van der Waals surface area contributed by atoms with Crippen molar-refractivity contribution in [2.24, 2.45) is 0 Å². The monoisotopic (exact) mass is 393 g/mol. The third kappa shape index (κ3) is 4.94. The Labute approximate surface area is 148 Å². The first kappa shape index (κ1) is 19.7. The topological polar surface area (TPSA) is 66.4 Å². The molecule has 0 saturated heterocycles. The smallest absolute Gasteiger partial charge is 0.387 e. The summed E-state index contributed by atoms with van der Waals surface area (Å²) in [5.41, 5.74) is -0.210. The van der Waals surface area contributed by atoms with Crippen molar-refractivity contribution < 1.29 is 26.7 Å². The van der Waals surface area contributed by atoms with Crippen LogP contribution in [0.1, 0.15) is 22.8 Å². The molecule has 2 N–H and O–H groups in total. The molecule has 0 aliphatic rings. The van der Waals surface area contributed by atoms with Crippen molar-refractivity contribution in [1.82, 2.24) is 4.72 Å². The number of aliphatic hydroxyl groups is 1. The largest absolute Gasteiger partial charge is 0.416 e. The van der Waals surface area contributed by atoms with Gasteiger partial charge in [0.05, 0.1) is 16.6 Å². The highest BCUT2D eigenvalue weighted by molar-refractivity contribution is 7.89. The van der Waals surface area contributed by atoms with Crippen molar-refractivity contribution in [2.75, 3.05) is 6.54 Å². The van der Waals surface area contributed by atoms with Crippen LogP contribution in [0.5, 0.6) is 0 Å². The Hall–Kier alpha value is -1.61. The van der Waals surface area contributed by atoms with Crippen molar-refractivity contribution in [2.45, 2.75) is 24.1 Å². The van der Waals surface area contributed by atoms with E-state index in [-0.39, 0.29) is 22.0 Å². The third-order valence-electron chi connectivity index (χ3n) is 3.53. The number of alkyl halides is 3. The normalized spacial score (nSPS) is 13.7. The van der Waals surface area contributed by atoms with E-state index < -0.39 is 27.9 Å². The van der Waals surface area contributed by atoms with E-state index in [0.29, 0.717) is 5.56 Å². The maximum Gasteiger partial charge on any atom is 0.416 e. The molecule has 0 saturated carbocycles. The van der Waals surface area contributed by atoms with Crippen LogP contribution in [0.15, 0.2) is 47.4 Å². The Bertz CT molecular complexity index is 852. The van der Waals surface area contributed by atoms with Gasteiger partial charge in [-0.1, -0.05) is 29.8 Å². The minimum Gasteiger partial charge on any atom is -0.387 e. The van der Waals surface area contributed by atoms with E-state index in [0.717, 1.165) is 24.3 Å². The maximum absolute atomic E-state index is 12.5. The molecule has 0 aromatic heterocycles. The first-order valence-corrected chi connectivity index (χ1v) is 8.98. The molecular weight excluding hydrogens is 379 g/mol.